The molecule has 0 spiro atoms. The van der Waals surface area contributed by atoms with Gasteiger partial charge in [0, 0.05) is 45.4 Å². The fourth-order valence-electron chi connectivity index (χ4n) is 2.47. The highest BCUT2D eigenvalue weighted by Crippen LogP contribution is 2.18. The molecule has 2 rings (SSSR count). The highest BCUT2D eigenvalue weighted by atomic mass is 16.5. The van der Waals surface area contributed by atoms with Gasteiger partial charge >= 0.3 is 0 Å². The molecule has 0 aromatic carbocycles. The number of ether oxygens (including phenoxy) is 1. The lowest BCUT2D eigenvalue weighted by Crippen LogP contribution is -2.46. The van der Waals surface area contributed by atoms with Gasteiger partial charge in [-0.2, -0.15) is 0 Å². The Bertz CT molecular complexity index is 432. The molecule has 0 atom stereocenters. The van der Waals surface area contributed by atoms with E-state index in [0.29, 0.717) is 13.2 Å². The van der Waals surface area contributed by atoms with Crippen molar-refractivity contribution in [1.82, 2.24) is 14.9 Å². The summed E-state index contributed by atoms with van der Waals surface area (Å²) in [4.78, 5) is 14.0. The molecule has 1 N–H and O–H groups in total. The van der Waals surface area contributed by atoms with Crippen molar-refractivity contribution in [2.45, 2.75) is 27.4 Å². The Balaban J connectivity index is 2.11. The number of piperazine rings is 1. The molecule has 0 amide bonds. The van der Waals surface area contributed by atoms with Gasteiger partial charge in [0.2, 0.25) is 0 Å². The molecule has 1 aliphatic heterocycles. The maximum Gasteiger partial charge on any atom is 0.158 e. The first kappa shape index (κ1) is 16.0. The van der Waals surface area contributed by atoms with Crippen molar-refractivity contribution < 1.29 is 4.74 Å². The molecule has 0 unspecified atom stereocenters. The van der Waals surface area contributed by atoms with Crippen LogP contribution < -0.4 is 10.2 Å². The second kappa shape index (κ2) is 8.14. The van der Waals surface area contributed by atoms with Crippen molar-refractivity contribution in [3.8, 4) is 0 Å². The van der Waals surface area contributed by atoms with Gasteiger partial charge in [-0.3, -0.25) is 0 Å². The Hall–Kier alpha value is -1.40. The molecule has 1 aromatic rings. The topological polar surface area (TPSA) is 53.5 Å². The second-order valence-electron chi connectivity index (χ2n) is 5.12. The van der Waals surface area contributed by atoms with Crippen LogP contribution in [0.15, 0.2) is 6.07 Å². The van der Waals surface area contributed by atoms with Crippen molar-refractivity contribution in [2.24, 2.45) is 0 Å². The summed E-state index contributed by atoms with van der Waals surface area (Å²) >= 11 is 0. The third-order valence-corrected chi connectivity index (χ3v) is 3.70. The minimum Gasteiger partial charge on any atom is -0.374 e. The number of likely N-dealkylation sites (N-methyl/N-ethyl adjacent to an activating group) is 1. The van der Waals surface area contributed by atoms with Gasteiger partial charge in [0.05, 0.1) is 0 Å². The summed E-state index contributed by atoms with van der Waals surface area (Å²) in [6, 6.07) is 2.04. The van der Waals surface area contributed by atoms with E-state index in [9.17, 15) is 0 Å². The molecule has 1 aromatic heterocycles. The fourth-order valence-corrected chi connectivity index (χ4v) is 2.47. The van der Waals surface area contributed by atoms with Gasteiger partial charge in [-0.1, -0.05) is 6.92 Å². The number of rotatable bonds is 7. The first-order valence-electron chi connectivity index (χ1n) is 7.93. The maximum absolute atomic E-state index is 5.45. The second-order valence-corrected chi connectivity index (χ2v) is 5.12. The van der Waals surface area contributed by atoms with Gasteiger partial charge in [0.1, 0.15) is 18.2 Å². The number of anilines is 2. The van der Waals surface area contributed by atoms with Gasteiger partial charge in [-0.25, -0.2) is 9.97 Å². The van der Waals surface area contributed by atoms with Crippen molar-refractivity contribution in [2.75, 3.05) is 56.1 Å². The van der Waals surface area contributed by atoms with Crippen LogP contribution in [0.25, 0.3) is 0 Å². The monoisotopic (exact) mass is 293 g/mol. The lowest BCUT2D eigenvalue weighted by Gasteiger charge is -2.35. The van der Waals surface area contributed by atoms with E-state index in [4.69, 9.17) is 4.74 Å². The molecule has 1 fully saturated rings. The zero-order valence-electron chi connectivity index (χ0n) is 13.4. The van der Waals surface area contributed by atoms with Crippen LogP contribution in [-0.2, 0) is 11.3 Å². The number of hydrogen-bond acceptors (Lipinski definition) is 6. The molecule has 0 bridgehead atoms. The van der Waals surface area contributed by atoms with Crippen LogP contribution in [0.2, 0.25) is 0 Å². The molecular weight excluding hydrogens is 266 g/mol. The third-order valence-electron chi connectivity index (χ3n) is 3.70. The number of aromatic nitrogens is 2. The van der Waals surface area contributed by atoms with Crippen molar-refractivity contribution in [3.05, 3.63) is 11.9 Å². The predicted molar refractivity (Wildman–Crippen MR) is 85.9 cm³/mol. The number of nitrogens with zero attached hydrogens (tertiary/aromatic N) is 4. The summed E-state index contributed by atoms with van der Waals surface area (Å²) < 4.78 is 5.45. The van der Waals surface area contributed by atoms with Gasteiger partial charge in [0.25, 0.3) is 0 Å². The lowest BCUT2D eigenvalue weighted by atomic mass is 10.3. The minimum atomic E-state index is 0.470. The smallest absolute Gasteiger partial charge is 0.158 e. The van der Waals surface area contributed by atoms with E-state index < -0.39 is 0 Å². The normalized spacial score (nSPS) is 16.2. The van der Waals surface area contributed by atoms with E-state index in [1.54, 1.807) is 0 Å². The lowest BCUT2D eigenvalue weighted by molar-refractivity contribution is 0.128. The average Bonchev–Trinajstić information content (AvgIpc) is 2.53. The zero-order valence-corrected chi connectivity index (χ0v) is 13.4. The van der Waals surface area contributed by atoms with E-state index in [0.717, 1.165) is 56.7 Å². The molecule has 21 heavy (non-hydrogen) atoms. The van der Waals surface area contributed by atoms with Crippen molar-refractivity contribution in [3.63, 3.8) is 0 Å². The summed E-state index contributed by atoms with van der Waals surface area (Å²) in [6.07, 6.45) is 0. The molecule has 0 saturated carbocycles. The van der Waals surface area contributed by atoms with Crippen LogP contribution in [0.4, 0.5) is 11.6 Å². The summed E-state index contributed by atoms with van der Waals surface area (Å²) in [7, 11) is 0. The summed E-state index contributed by atoms with van der Waals surface area (Å²) in [5.41, 5.74) is 0. The Morgan fingerprint density at radius 1 is 1.14 bits per heavy atom. The molecule has 6 nitrogen and oxygen atoms in total. The molecule has 118 valence electrons. The summed E-state index contributed by atoms with van der Waals surface area (Å²) in [5, 5.41) is 3.28. The maximum atomic E-state index is 5.45. The molecule has 1 aliphatic rings. The molecule has 6 heteroatoms. The highest BCUT2D eigenvalue weighted by molar-refractivity contribution is 5.49. The molecule has 0 aliphatic carbocycles. The van der Waals surface area contributed by atoms with Crippen molar-refractivity contribution in [1.29, 1.82) is 0 Å². The van der Waals surface area contributed by atoms with Crippen LogP contribution in [0, 0.1) is 0 Å². The van der Waals surface area contributed by atoms with Gasteiger partial charge in [-0.15, -0.1) is 0 Å². The SMILES string of the molecule is CCNc1cc(N2CCN(CC)CC2)nc(COCC)n1. The van der Waals surface area contributed by atoms with E-state index in [1.807, 2.05) is 13.0 Å². The summed E-state index contributed by atoms with van der Waals surface area (Å²) in [6.45, 7) is 13.6. The van der Waals surface area contributed by atoms with E-state index in [2.05, 4.69) is 38.9 Å². The third kappa shape index (κ3) is 4.54. The molecule has 0 radical (unpaired) electrons. The van der Waals surface area contributed by atoms with Gasteiger partial charge in [-0.05, 0) is 20.4 Å². The first-order chi connectivity index (χ1) is 10.3. The average molecular weight is 293 g/mol. The van der Waals surface area contributed by atoms with Crippen LogP contribution in [-0.4, -0.2) is 60.7 Å². The Labute approximate surface area is 127 Å². The van der Waals surface area contributed by atoms with Gasteiger partial charge < -0.3 is 19.9 Å². The Morgan fingerprint density at radius 3 is 2.52 bits per heavy atom. The zero-order chi connectivity index (χ0) is 15.1. The fraction of sp³-hybridized carbons (Fsp3) is 0.733. The largest absolute Gasteiger partial charge is 0.374 e. The van der Waals surface area contributed by atoms with Gasteiger partial charge in [0.15, 0.2) is 5.82 Å². The molecular formula is C15H27N5O. The molecule has 1 saturated heterocycles. The molecule has 2 heterocycles. The minimum absolute atomic E-state index is 0.470. The van der Waals surface area contributed by atoms with Crippen molar-refractivity contribution >= 4 is 11.6 Å². The first-order valence-corrected chi connectivity index (χ1v) is 7.93. The number of hydrogen-bond donors (Lipinski definition) is 1. The predicted octanol–water partition coefficient (Wildman–Crippen LogP) is 1.59. The van der Waals surface area contributed by atoms with Crippen LogP contribution in [0.1, 0.15) is 26.6 Å². The highest BCUT2D eigenvalue weighted by Gasteiger charge is 2.18. The van der Waals surface area contributed by atoms with E-state index in [1.165, 1.54) is 0 Å². The van der Waals surface area contributed by atoms with Crippen LogP contribution >= 0.6 is 0 Å². The van der Waals surface area contributed by atoms with E-state index >= 15 is 0 Å². The Morgan fingerprint density at radius 2 is 1.90 bits per heavy atom. The summed E-state index contributed by atoms with van der Waals surface area (Å²) in [5.74, 6) is 2.64. The standard InChI is InChI=1S/C15H27N5O/c1-4-16-13-11-15(18-14(17-13)12-21-6-3)20-9-7-19(5-2)8-10-20/h11H,4-10,12H2,1-3H3,(H,16,17,18). The number of nitrogens with one attached hydrogen (secondary N) is 1. The van der Waals surface area contributed by atoms with Crippen LogP contribution in [0.5, 0.6) is 0 Å². The van der Waals surface area contributed by atoms with Crippen LogP contribution in [0.3, 0.4) is 0 Å². The van der Waals surface area contributed by atoms with E-state index in [-0.39, 0.29) is 0 Å². The quantitative estimate of drug-likeness (QED) is 0.824. The Kier molecular flexibility index (Phi) is 6.20.